The van der Waals surface area contributed by atoms with Gasteiger partial charge in [-0.05, 0) is 25.1 Å². The fourth-order valence-electron chi connectivity index (χ4n) is 1.53. The van der Waals surface area contributed by atoms with Gasteiger partial charge in [-0.1, -0.05) is 6.07 Å². The SMILES string of the molecule is Cc1cc(COc2cccc(O)c2)n(C)n1. The normalized spacial score (nSPS) is 10.4. The molecular formula is C12H14N2O2. The summed E-state index contributed by atoms with van der Waals surface area (Å²) in [5.74, 6) is 0.859. The third kappa shape index (κ3) is 2.34. The lowest BCUT2D eigenvalue weighted by Gasteiger charge is -2.06. The first kappa shape index (κ1) is 10.5. The van der Waals surface area contributed by atoms with E-state index in [0.29, 0.717) is 12.4 Å². The highest BCUT2D eigenvalue weighted by atomic mass is 16.5. The number of aromatic hydroxyl groups is 1. The fourth-order valence-corrected chi connectivity index (χ4v) is 1.53. The Bertz CT molecular complexity index is 492. The average molecular weight is 218 g/mol. The summed E-state index contributed by atoms with van der Waals surface area (Å²) in [4.78, 5) is 0. The second kappa shape index (κ2) is 4.26. The van der Waals surface area contributed by atoms with Crippen molar-refractivity contribution in [2.45, 2.75) is 13.5 Å². The average Bonchev–Trinajstić information content (AvgIpc) is 2.54. The number of aromatic nitrogens is 2. The van der Waals surface area contributed by atoms with Gasteiger partial charge in [0.15, 0.2) is 0 Å². The van der Waals surface area contributed by atoms with Crippen LogP contribution < -0.4 is 4.74 Å². The van der Waals surface area contributed by atoms with Gasteiger partial charge in [0.1, 0.15) is 18.1 Å². The van der Waals surface area contributed by atoms with Gasteiger partial charge in [0.2, 0.25) is 0 Å². The quantitative estimate of drug-likeness (QED) is 0.857. The molecule has 0 radical (unpaired) electrons. The minimum atomic E-state index is 0.207. The number of ether oxygens (including phenoxy) is 1. The molecule has 4 nitrogen and oxygen atoms in total. The molecular weight excluding hydrogens is 204 g/mol. The zero-order valence-electron chi connectivity index (χ0n) is 9.34. The van der Waals surface area contributed by atoms with E-state index in [2.05, 4.69) is 5.10 Å². The van der Waals surface area contributed by atoms with E-state index >= 15 is 0 Å². The number of rotatable bonds is 3. The topological polar surface area (TPSA) is 47.3 Å². The van der Waals surface area contributed by atoms with Crippen molar-refractivity contribution in [3.05, 3.63) is 41.7 Å². The van der Waals surface area contributed by atoms with Crippen LogP contribution in [0.5, 0.6) is 11.5 Å². The van der Waals surface area contributed by atoms with Crippen LogP contribution in [0.3, 0.4) is 0 Å². The maximum Gasteiger partial charge on any atom is 0.130 e. The smallest absolute Gasteiger partial charge is 0.130 e. The maximum absolute atomic E-state index is 9.27. The van der Waals surface area contributed by atoms with E-state index in [1.165, 1.54) is 0 Å². The molecule has 4 heteroatoms. The molecule has 0 saturated heterocycles. The van der Waals surface area contributed by atoms with Crippen molar-refractivity contribution >= 4 is 0 Å². The molecule has 1 aromatic heterocycles. The molecule has 0 fully saturated rings. The summed E-state index contributed by atoms with van der Waals surface area (Å²) in [6.07, 6.45) is 0. The minimum Gasteiger partial charge on any atom is -0.508 e. The molecule has 84 valence electrons. The van der Waals surface area contributed by atoms with E-state index in [9.17, 15) is 5.11 Å². The molecule has 0 saturated carbocycles. The highest BCUT2D eigenvalue weighted by molar-refractivity contribution is 5.31. The molecule has 1 N–H and O–H groups in total. The Labute approximate surface area is 94.1 Å². The molecule has 0 unspecified atom stereocenters. The Hall–Kier alpha value is -1.97. The first-order valence-corrected chi connectivity index (χ1v) is 5.06. The molecule has 2 aromatic rings. The summed E-state index contributed by atoms with van der Waals surface area (Å²) >= 11 is 0. The van der Waals surface area contributed by atoms with Crippen LogP contribution in [0.25, 0.3) is 0 Å². The number of hydrogen-bond acceptors (Lipinski definition) is 3. The molecule has 0 aliphatic carbocycles. The number of aryl methyl sites for hydroxylation is 2. The summed E-state index contributed by atoms with van der Waals surface area (Å²) in [5, 5.41) is 13.5. The van der Waals surface area contributed by atoms with Crippen LogP contribution in [0.2, 0.25) is 0 Å². The van der Waals surface area contributed by atoms with E-state index in [4.69, 9.17) is 4.74 Å². The standard InChI is InChI=1S/C12H14N2O2/c1-9-6-10(14(2)13-9)8-16-12-5-3-4-11(15)7-12/h3-7,15H,8H2,1-2H3. The summed E-state index contributed by atoms with van der Waals surface area (Å²) < 4.78 is 7.34. The lowest BCUT2D eigenvalue weighted by Crippen LogP contribution is -2.02. The number of phenols is 1. The van der Waals surface area contributed by atoms with E-state index in [0.717, 1.165) is 11.4 Å². The third-order valence-corrected chi connectivity index (χ3v) is 2.30. The lowest BCUT2D eigenvalue weighted by atomic mass is 10.3. The van der Waals surface area contributed by atoms with Gasteiger partial charge in [-0.2, -0.15) is 5.10 Å². The highest BCUT2D eigenvalue weighted by Crippen LogP contribution is 2.18. The monoisotopic (exact) mass is 218 g/mol. The van der Waals surface area contributed by atoms with E-state index in [-0.39, 0.29) is 5.75 Å². The van der Waals surface area contributed by atoms with Gasteiger partial charge in [-0.25, -0.2) is 0 Å². The van der Waals surface area contributed by atoms with Crippen molar-refractivity contribution in [2.75, 3.05) is 0 Å². The van der Waals surface area contributed by atoms with Crippen molar-refractivity contribution in [2.24, 2.45) is 7.05 Å². The molecule has 0 atom stereocenters. The highest BCUT2D eigenvalue weighted by Gasteiger charge is 2.03. The van der Waals surface area contributed by atoms with E-state index < -0.39 is 0 Å². The largest absolute Gasteiger partial charge is 0.508 e. The molecule has 16 heavy (non-hydrogen) atoms. The molecule has 2 rings (SSSR count). The van der Waals surface area contributed by atoms with Gasteiger partial charge < -0.3 is 9.84 Å². The zero-order chi connectivity index (χ0) is 11.5. The van der Waals surface area contributed by atoms with Crippen LogP contribution in [0.4, 0.5) is 0 Å². The van der Waals surface area contributed by atoms with Crippen molar-refractivity contribution in [1.82, 2.24) is 9.78 Å². The van der Waals surface area contributed by atoms with Gasteiger partial charge in [0, 0.05) is 13.1 Å². The van der Waals surface area contributed by atoms with Crippen molar-refractivity contribution in [3.63, 3.8) is 0 Å². The lowest BCUT2D eigenvalue weighted by molar-refractivity contribution is 0.293. The second-order valence-corrected chi connectivity index (χ2v) is 3.69. The first-order chi connectivity index (χ1) is 7.65. The van der Waals surface area contributed by atoms with Gasteiger partial charge >= 0.3 is 0 Å². The Balaban J connectivity index is 2.05. The van der Waals surface area contributed by atoms with Crippen LogP contribution in [-0.4, -0.2) is 14.9 Å². The number of phenolic OH excluding ortho intramolecular Hbond substituents is 1. The van der Waals surface area contributed by atoms with E-state index in [1.54, 1.807) is 22.9 Å². The minimum absolute atomic E-state index is 0.207. The van der Waals surface area contributed by atoms with Crippen molar-refractivity contribution in [3.8, 4) is 11.5 Å². The number of benzene rings is 1. The predicted molar refractivity (Wildman–Crippen MR) is 60.4 cm³/mol. The summed E-state index contributed by atoms with van der Waals surface area (Å²) in [6, 6.07) is 8.73. The Morgan fingerprint density at radius 3 is 2.81 bits per heavy atom. The van der Waals surface area contributed by atoms with Crippen LogP contribution in [0.15, 0.2) is 30.3 Å². The van der Waals surface area contributed by atoms with Crippen LogP contribution >= 0.6 is 0 Å². The summed E-state index contributed by atoms with van der Waals surface area (Å²) in [7, 11) is 1.88. The predicted octanol–water partition coefficient (Wildman–Crippen LogP) is 2.01. The molecule has 0 bridgehead atoms. The van der Waals surface area contributed by atoms with Crippen LogP contribution in [0, 0.1) is 6.92 Å². The first-order valence-electron chi connectivity index (χ1n) is 5.06. The van der Waals surface area contributed by atoms with Gasteiger partial charge in [0.25, 0.3) is 0 Å². The fraction of sp³-hybridized carbons (Fsp3) is 0.250. The van der Waals surface area contributed by atoms with Gasteiger partial charge in [-0.15, -0.1) is 0 Å². The van der Waals surface area contributed by atoms with Crippen LogP contribution in [-0.2, 0) is 13.7 Å². The summed E-state index contributed by atoms with van der Waals surface area (Å²) in [6.45, 7) is 2.39. The number of hydrogen-bond donors (Lipinski definition) is 1. The zero-order valence-corrected chi connectivity index (χ0v) is 9.34. The second-order valence-electron chi connectivity index (χ2n) is 3.69. The molecule has 0 aliphatic rings. The molecule has 0 spiro atoms. The molecule has 1 heterocycles. The Morgan fingerprint density at radius 1 is 1.38 bits per heavy atom. The van der Waals surface area contributed by atoms with E-state index in [1.807, 2.05) is 26.1 Å². The number of nitrogens with zero attached hydrogens (tertiary/aromatic N) is 2. The van der Waals surface area contributed by atoms with Gasteiger partial charge in [-0.3, -0.25) is 4.68 Å². The maximum atomic E-state index is 9.27. The Morgan fingerprint density at radius 2 is 2.19 bits per heavy atom. The van der Waals surface area contributed by atoms with Crippen molar-refractivity contribution < 1.29 is 9.84 Å². The molecule has 1 aromatic carbocycles. The van der Waals surface area contributed by atoms with Crippen molar-refractivity contribution in [1.29, 1.82) is 0 Å². The van der Waals surface area contributed by atoms with Crippen LogP contribution in [0.1, 0.15) is 11.4 Å². The third-order valence-electron chi connectivity index (χ3n) is 2.30. The summed E-state index contributed by atoms with van der Waals surface area (Å²) in [5.41, 5.74) is 1.97. The van der Waals surface area contributed by atoms with Gasteiger partial charge in [0.05, 0.1) is 11.4 Å². The molecule has 0 aliphatic heterocycles. The Kier molecular flexibility index (Phi) is 2.81. The molecule has 0 amide bonds.